The number of ether oxygens (including phenoxy) is 1. The van der Waals surface area contributed by atoms with Gasteiger partial charge in [-0.25, -0.2) is 4.79 Å². The van der Waals surface area contributed by atoms with Crippen molar-refractivity contribution in [3.63, 3.8) is 0 Å². The highest BCUT2D eigenvalue weighted by molar-refractivity contribution is 6.30. The Labute approximate surface area is 154 Å². The van der Waals surface area contributed by atoms with Crippen molar-refractivity contribution in [1.29, 1.82) is 0 Å². The Hall–Kier alpha value is -1.75. The van der Waals surface area contributed by atoms with Crippen LogP contribution in [0.1, 0.15) is 57.1 Å². The molecule has 2 atom stereocenters. The molecule has 1 fully saturated rings. The van der Waals surface area contributed by atoms with Crippen LogP contribution in [0.15, 0.2) is 24.3 Å². The van der Waals surface area contributed by atoms with Crippen LogP contribution in [0.25, 0.3) is 0 Å². The van der Waals surface area contributed by atoms with Crippen LogP contribution in [-0.4, -0.2) is 18.6 Å². The van der Waals surface area contributed by atoms with E-state index in [0.29, 0.717) is 23.8 Å². The van der Waals surface area contributed by atoms with Gasteiger partial charge in [-0.15, -0.1) is 0 Å². The summed E-state index contributed by atoms with van der Waals surface area (Å²) in [5, 5.41) is 3.90. The fourth-order valence-corrected chi connectivity index (χ4v) is 3.76. The molecule has 3 N–H and O–H groups in total. The van der Waals surface area contributed by atoms with E-state index < -0.39 is 6.09 Å². The zero-order valence-corrected chi connectivity index (χ0v) is 15.4. The summed E-state index contributed by atoms with van der Waals surface area (Å²) < 4.78 is 4.77. The second-order valence-electron chi connectivity index (χ2n) is 6.65. The standard InChI is InChI=1S/C19H27ClN2O3/c1-2-13(10-11-25-19(21)24)18(23)22-17(14-6-3-4-7-14)15-8-5-9-16(20)12-15/h5,8-9,12-14,17H,2-4,6-7,10-11H2,1H3,(H2,21,24)(H,22,23). The van der Waals surface area contributed by atoms with Crippen molar-refractivity contribution in [2.24, 2.45) is 17.6 Å². The summed E-state index contributed by atoms with van der Waals surface area (Å²) in [7, 11) is 0. The number of benzene rings is 1. The smallest absolute Gasteiger partial charge is 0.404 e. The van der Waals surface area contributed by atoms with Gasteiger partial charge in [-0.1, -0.05) is 43.5 Å². The van der Waals surface area contributed by atoms with E-state index in [9.17, 15) is 9.59 Å². The third-order valence-electron chi connectivity index (χ3n) is 4.95. The molecule has 5 nitrogen and oxygen atoms in total. The number of primary amides is 1. The molecule has 1 aromatic carbocycles. The molecule has 1 aromatic rings. The van der Waals surface area contributed by atoms with Crippen LogP contribution in [0, 0.1) is 11.8 Å². The van der Waals surface area contributed by atoms with E-state index in [4.69, 9.17) is 22.1 Å². The fraction of sp³-hybridized carbons (Fsp3) is 0.579. The van der Waals surface area contributed by atoms with Gasteiger partial charge in [-0.05, 0) is 49.3 Å². The Bertz CT molecular complexity index is 588. The molecule has 0 aliphatic heterocycles. The molecule has 1 aliphatic rings. The number of halogens is 1. The first-order chi connectivity index (χ1) is 12.0. The summed E-state index contributed by atoms with van der Waals surface area (Å²) in [4.78, 5) is 23.5. The molecule has 1 aliphatic carbocycles. The van der Waals surface area contributed by atoms with Crippen LogP contribution >= 0.6 is 11.6 Å². The van der Waals surface area contributed by atoms with E-state index >= 15 is 0 Å². The molecule has 2 rings (SSSR count). The van der Waals surface area contributed by atoms with Gasteiger partial charge in [0.25, 0.3) is 0 Å². The highest BCUT2D eigenvalue weighted by Crippen LogP contribution is 2.36. The van der Waals surface area contributed by atoms with Crippen molar-refractivity contribution >= 4 is 23.6 Å². The van der Waals surface area contributed by atoms with Crippen LogP contribution in [0.2, 0.25) is 5.02 Å². The lowest BCUT2D eigenvalue weighted by Crippen LogP contribution is -2.37. The molecule has 138 valence electrons. The number of hydrogen-bond acceptors (Lipinski definition) is 3. The molecule has 2 unspecified atom stereocenters. The normalized spacial score (nSPS) is 17.0. The second kappa shape index (κ2) is 9.66. The van der Waals surface area contributed by atoms with Gasteiger partial charge in [0.15, 0.2) is 0 Å². The molecule has 0 radical (unpaired) electrons. The molecular formula is C19H27ClN2O3. The van der Waals surface area contributed by atoms with Gasteiger partial charge in [-0.2, -0.15) is 0 Å². The Morgan fingerprint density at radius 3 is 2.68 bits per heavy atom. The first-order valence-corrected chi connectivity index (χ1v) is 9.37. The van der Waals surface area contributed by atoms with Gasteiger partial charge in [0.2, 0.25) is 5.91 Å². The van der Waals surface area contributed by atoms with Crippen molar-refractivity contribution in [3.8, 4) is 0 Å². The number of hydrogen-bond donors (Lipinski definition) is 2. The third-order valence-corrected chi connectivity index (χ3v) is 5.19. The third kappa shape index (κ3) is 5.92. The minimum Gasteiger partial charge on any atom is -0.450 e. The minimum absolute atomic E-state index is 0.00699. The zero-order valence-electron chi connectivity index (χ0n) is 14.7. The van der Waals surface area contributed by atoms with Crippen LogP contribution in [0.5, 0.6) is 0 Å². The maximum Gasteiger partial charge on any atom is 0.404 e. The Balaban J connectivity index is 2.06. The maximum atomic E-state index is 12.8. The predicted molar refractivity (Wildman–Crippen MR) is 98.2 cm³/mol. The average molecular weight is 367 g/mol. The predicted octanol–water partition coefficient (Wildman–Crippen LogP) is 4.20. The van der Waals surface area contributed by atoms with Gasteiger partial charge in [0.1, 0.15) is 0 Å². The highest BCUT2D eigenvalue weighted by Gasteiger charge is 2.29. The first-order valence-electron chi connectivity index (χ1n) is 8.99. The SMILES string of the molecule is CCC(CCOC(N)=O)C(=O)NC(c1cccc(Cl)c1)C1CCCC1. The number of carbonyl (C=O) groups is 2. The van der Waals surface area contributed by atoms with E-state index in [1.54, 1.807) is 0 Å². The van der Waals surface area contributed by atoms with Crippen molar-refractivity contribution in [2.45, 2.75) is 51.5 Å². The summed E-state index contributed by atoms with van der Waals surface area (Å²) in [5.74, 6) is 0.219. The molecule has 1 saturated carbocycles. The summed E-state index contributed by atoms with van der Waals surface area (Å²) in [5.41, 5.74) is 6.03. The monoisotopic (exact) mass is 366 g/mol. The van der Waals surface area contributed by atoms with Crippen LogP contribution in [-0.2, 0) is 9.53 Å². The van der Waals surface area contributed by atoms with Crippen LogP contribution in [0.4, 0.5) is 4.79 Å². The zero-order chi connectivity index (χ0) is 18.2. The summed E-state index contributed by atoms with van der Waals surface area (Å²) in [6.07, 6.45) is 4.96. The highest BCUT2D eigenvalue weighted by atomic mass is 35.5. The van der Waals surface area contributed by atoms with Gasteiger partial charge in [0.05, 0.1) is 12.6 Å². The minimum atomic E-state index is -0.807. The number of nitrogens with two attached hydrogens (primary N) is 1. The van der Waals surface area contributed by atoms with Gasteiger partial charge in [-0.3, -0.25) is 4.79 Å². The number of rotatable bonds is 8. The molecule has 2 amide bonds. The lowest BCUT2D eigenvalue weighted by atomic mass is 9.90. The Morgan fingerprint density at radius 2 is 2.08 bits per heavy atom. The second-order valence-corrected chi connectivity index (χ2v) is 7.08. The molecular weight excluding hydrogens is 340 g/mol. The number of amides is 2. The van der Waals surface area contributed by atoms with E-state index in [-0.39, 0.29) is 24.5 Å². The molecule has 0 heterocycles. The molecule has 6 heteroatoms. The average Bonchev–Trinajstić information content (AvgIpc) is 3.10. The first kappa shape index (κ1) is 19.6. The lowest BCUT2D eigenvalue weighted by Gasteiger charge is -2.27. The van der Waals surface area contributed by atoms with E-state index in [2.05, 4.69) is 5.32 Å². The topological polar surface area (TPSA) is 81.4 Å². The molecule has 0 spiro atoms. The molecule has 0 aromatic heterocycles. The number of carbonyl (C=O) groups excluding carboxylic acids is 2. The van der Waals surface area contributed by atoms with Crippen molar-refractivity contribution in [2.75, 3.05) is 6.61 Å². The summed E-state index contributed by atoms with van der Waals surface area (Å²) in [6.45, 7) is 2.12. The Kier molecular flexibility index (Phi) is 7.56. The summed E-state index contributed by atoms with van der Waals surface area (Å²) in [6, 6.07) is 7.69. The van der Waals surface area contributed by atoms with Crippen molar-refractivity contribution < 1.29 is 14.3 Å². The molecule has 0 saturated heterocycles. The van der Waals surface area contributed by atoms with Gasteiger partial charge >= 0.3 is 6.09 Å². The van der Waals surface area contributed by atoms with E-state index in [1.807, 2.05) is 31.2 Å². The fourth-order valence-electron chi connectivity index (χ4n) is 3.56. The molecule has 25 heavy (non-hydrogen) atoms. The van der Waals surface area contributed by atoms with Gasteiger partial charge < -0.3 is 15.8 Å². The quantitative estimate of drug-likeness (QED) is 0.723. The number of nitrogens with one attached hydrogen (secondary N) is 1. The van der Waals surface area contributed by atoms with E-state index in [1.165, 1.54) is 12.8 Å². The molecule has 0 bridgehead atoms. The lowest BCUT2D eigenvalue weighted by molar-refractivity contribution is -0.126. The maximum absolute atomic E-state index is 12.8. The summed E-state index contributed by atoms with van der Waals surface area (Å²) >= 11 is 6.15. The van der Waals surface area contributed by atoms with E-state index in [0.717, 1.165) is 18.4 Å². The van der Waals surface area contributed by atoms with Gasteiger partial charge in [0, 0.05) is 10.9 Å². The van der Waals surface area contributed by atoms with Crippen molar-refractivity contribution in [3.05, 3.63) is 34.9 Å². The Morgan fingerprint density at radius 1 is 1.36 bits per heavy atom. The van der Waals surface area contributed by atoms with Crippen LogP contribution in [0.3, 0.4) is 0 Å². The van der Waals surface area contributed by atoms with Crippen LogP contribution < -0.4 is 11.1 Å². The largest absolute Gasteiger partial charge is 0.450 e. The van der Waals surface area contributed by atoms with Crippen molar-refractivity contribution in [1.82, 2.24) is 5.32 Å².